The molecule has 4 aromatic rings. The van der Waals surface area contributed by atoms with E-state index in [0.29, 0.717) is 0 Å². The highest BCUT2D eigenvalue weighted by molar-refractivity contribution is 6.06. The molecule has 25 heteroatoms. The molecule has 0 aliphatic carbocycles. The third-order valence-corrected chi connectivity index (χ3v) is 12.7. The molecule has 5 amide bonds. The van der Waals surface area contributed by atoms with Gasteiger partial charge in [0, 0.05) is 85.8 Å². The van der Waals surface area contributed by atoms with Crippen molar-refractivity contribution in [1.29, 1.82) is 0 Å². The number of benzene rings is 4. The van der Waals surface area contributed by atoms with E-state index in [0.717, 1.165) is 12.1 Å². The van der Waals surface area contributed by atoms with E-state index in [1.165, 1.54) is 50.6 Å². The predicted octanol–water partition coefficient (Wildman–Crippen LogP) is 1.88. The zero-order valence-electron chi connectivity index (χ0n) is 43.1. The molecule has 420 valence electrons. The molecule has 4 aromatic carbocycles. The zero-order chi connectivity index (χ0) is 57.1. The highest BCUT2D eigenvalue weighted by Crippen LogP contribution is 2.37. The van der Waals surface area contributed by atoms with Gasteiger partial charge in [-0.2, -0.15) is 0 Å². The van der Waals surface area contributed by atoms with Crippen LogP contribution < -0.4 is 26.6 Å². The van der Waals surface area contributed by atoms with Crippen LogP contribution in [0.5, 0.6) is 46.0 Å². The van der Waals surface area contributed by atoms with E-state index in [1.807, 2.05) is 4.90 Å². The second-order valence-corrected chi connectivity index (χ2v) is 18.0. The highest BCUT2D eigenvalue weighted by Gasteiger charge is 2.26. The summed E-state index contributed by atoms with van der Waals surface area (Å²) >= 11 is 0. The Morgan fingerprint density at radius 2 is 0.833 bits per heavy atom. The molecule has 0 spiro atoms. The van der Waals surface area contributed by atoms with Crippen LogP contribution in [0.25, 0.3) is 0 Å². The largest absolute Gasteiger partial charge is 0.504 e. The average molecular weight is 1090 g/mol. The van der Waals surface area contributed by atoms with Crippen molar-refractivity contribution < 1.29 is 88.7 Å². The van der Waals surface area contributed by atoms with E-state index in [1.54, 1.807) is 4.90 Å². The maximum Gasteiger partial charge on any atom is 0.255 e. The molecule has 25 nitrogen and oxygen atoms in total. The second-order valence-electron chi connectivity index (χ2n) is 18.0. The van der Waals surface area contributed by atoms with Gasteiger partial charge in [-0.1, -0.05) is 0 Å². The van der Waals surface area contributed by atoms with Crippen LogP contribution in [0.2, 0.25) is 0 Å². The molecule has 0 saturated heterocycles. The minimum absolute atomic E-state index is 0.0510. The number of phenolic OH excluding ortho intramolecular Hbond substituents is 8. The molecule has 0 fully saturated rings. The van der Waals surface area contributed by atoms with Crippen LogP contribution in [0.15, 0.2) is 48.5 Å². The van der Waals surface area contributed by atoms with E-state index in [4.69, 9.17) is 9.47 Å². The molecular formula is C53H65N7O18. The Balaban J connectivity index is 1.29. The summed E-state index contributed by atoms with van der Waals surface area (Å²) in [5.41, 5.74) is -2.33. The van der Waals surface area contributed by atoms with Crippen molar-refractivity contribution in [2.45, 2.75) is 38.5 Å². The van der Waals surface area contributed by atoms with Gasteiger partial charge < -0.3 is 81.8 Å². The third-order valence-electron chi connectivity index (χ3n) is 12.7. The van der Waals surface area contributed by atoms with Gasteiger partial charge in [0.25, 0.3) is 29.5 Å². The van der Waals surface area contributed by atoms with Gasteiger partial charge in [0.15, 0.2) is 63.3 Å². The number of phenols is 8. The quantitative estimate of drug-likeness (QED) is 0.0408. The smallest absolute Gasteiger partial charge is 0.255 e. The van der Waals surface area contributed by atoms with Gasteiger partial charge in [0.1, 0.15) is 0 Å². The lowest BCUT2D eigenvalue weighted by molar-refractivity contribution is 0.0920. The van der Waals surface area contributed by atoms with Gasteiger partial charge in [-0.05, 0) is 87.4 Å². The van der Waals surface area contributed by atoms with Crippen LogP contribution in [0.3, 0.4) is 0 Å². The Morgan fingerprint density at radius 1 is 0.474 bits per heavy atom. The summed E-state index contributed by atoms with van der Waals surface area (Å²) in [5.74, 6) is -12.2. The van der Waals surface area contributed by atoms with Gasteiger partial charge in [0.2, 0.25) is 0 Å². The molecule has 4 heterocycles. The first-order chi connectivity index (χ1) is 37.3. The summed E-state index contributed by atoms with van der Waals surface area (Å²) in [5, 5.41) is 98.8. The fourth-order valence-electron chi connectivity index (χ4n) is 8.37. The highest BCUT2D eigenvalue weighted by atomic mass is 16.5. The van der Waals surface area contributed by atoms with Crippen LogP contribution in [0.1, 0.15) is 121 Å². The van der Waals surface area contributed by atoms with Crippen LogP contribution in [0.4, 0.5) is 0 Å². The fourth-order valence-corrected chi connectivity index (χ4v) is 8.37. The summed E-state index contributed by atoms with van der Waals surface area (Å²) in [4.78, 5) is 108. The lowest BCUT2D eigenvalue weighted by Gasteiger charge is -2.23. The standard InChI is InChI=1S/C53H65N7O18/c1-77-28-20-57-52(75)35-14-11-32(43(66)46(35)69)40(63)8-5-24-59-22-3-6-38(61)30-9-12-33(44(67)41(30)64)49(72)54-17-25-60(26-18-55-50(73)34-13-10-31(42(65)45(34)68)39(62)7-4-23-59)27-19-56-51(74)36-15-16-37(48(71)47(36)70)53(76)58-21-29-78-2/h9-16,64-71H,3-8,17-29H2,1-2H3,(H,54,72)(H,55,73)(H,56,74)(H,57,75)(H,58,76). The number of ether oxygens (including phenoxy) is 2. The number of nitrogens with zero attached hydrogens (tertiary/aromatic N) is 2. The monoisotopic (exact) mass is 1090 g/mol. The number of ketones is 3. The average Bonchev–Trinajstić information content (AvgIpc) is 3.43. The normalized spacial score (nSPS) is 14.6. The number of methoxy groups -OCH3 is 2. The first-order valence-corrected chi connectivity index (χ1v) is 24.9. The first kappa shape index (κ1) is 60.3. The Labute approximate surface area is 447 Å². The molecule has 13 N–H and O–H groups in total. The van der Waals surface area contributed by atoms with Crippen molar-refractivity contribution >= 4 is 46.9 Å². The van der Waals surface area contributed by atoms with Crippen LogP contribution in [-0.4, -0.2) is 197 Å². The van der Waals surface area contributed by atoms with Crippen LogP contribution in [-0.2, 0) is 9.47 Å². The minimum Gasteiger partial charge on any atom is -0.504 e. The Hall–Kier alpha value is -8.52. The molecule has 78 heavy (non-hydrogen) atoms. The molecule has 8 rings (SSSR count). The lowest BCUT2D eigenvalue weighted by atomic mass is 10.0. The van der Waals surface area contributed by atoms with Gasteiger partial charge in [-0.3, -0.25) is 43.3 Å². The number of aromatic hydroxyl groups is 8. The molecule has 0 unspecified atom stereocenters. The molecule has 4 aliphatic heterocycles. The summed E-state index contributed by atoms with van der Waals surface area (Å²) in [6.07, 6.45) is 0.121. The van der Waals surface area contributed by atoms with Crippen LogP contribution >= 0.6 is 0 Å². The SMILES string of the molecule is COCCNC(=O)c1ccc(C(=O)CCCN2CCCC(=O)c3ccc(c(O)c3O)C(=O)NCCN(CCNC(=O)c3ccc(C(=O)NCCOC)c(O)c3O)CCNC(=O)c3ccc(c(O)c3O)C(=O)CCC2)c(O)c1O. The molecule has 4 aliphatic rings. The third kappa shape index (κ3) is 15.8. The Morgan fingerprint density at radius 3 is 1.26 bits per heavy atom. The summed E-state index contributed by atoms with van der Waals surface area (Å²) in [6, 6.07) is 9.45. The van der Waals surface area contributed by atoms with Crippen molar-refractivity contribution in [1.82, 2.24) is 36.4 Å². The van der Waals surface area contributed by atoms with Gasteiger partial charge in [-0.25, -0.2) is 0 Å². The number of amides is 5. The van der Waals surface area contributed by atoms with Crippen molar-refractivity contribution in [3.8, 4) is 46.0 Å². The Bertz CT molecular complexity index is 2590. The summed E-state index contributed by atoms with van der Waals surface area (Å²) < 4.78 is 9.77. The lowest BCUT2D eigenvalue weighted by Crippen LogP contribution is -2.43. The molecule has 0 saturated carbocycles. The summed E-state index contributed by atoms with van der Waals surface area (Å²) in [7, 11) is 2.87. The number of rotatable bonds is 17. The number of hydrogen-bond donors (Lipinski definition) is 13. The van der Waals surface area contributed by atoms with Crippen LogP contribution in [0, 0.1) is 0 Å². The molecular weight excluding hydrogens is 1020 g/mol. The van der Waals surface area contributed by atoms with E-state index in [-0.39, 0.29) is 168 Å². The zero-order valence-corrected chi connectivity index (χ0v) is 43.1. The van der Waals surface area contributed by atoms with Gasteiger partial charge >= 0.3 is 0 Å². The van der Waals surface area contributed by atoms with Gasteiger partial charge in [-0.15, -0.1) is 0 Å². The summed E-state index contributed by atoms with van der Waals surface area (Å²) in [6.45, 7) is 1.18. The van der Waals surface area contributed by atoms with E-state index >= 15 is 0 Å². The number of nitrogens with one attached hydrogen (secondary N) is 5. The minimum atomic E-state index is -0.853. The fraction of sp³-hybridized carbons (Fsp3) is 0.396. The van der Waals surface area contributed by atoms with E-state index in [9.17, 15) is 79.2 Å². The first-order valence-electron chi connectivity index (χ1n) is 24.9. The van der Waals surface area contributed by atoms with Crippen molar-refractivity contribution in [2.24, 2.45) is 0 Å². The number of Topliss-reactive ketones (excluding diaryl/α,β-unsaturated/α-hetero) is 3. The van der Waals surface area contributed by atoms with Crippen molar-refractivity contribution in [2.75, 3.05) is 99.4 Å². The maximum atomic E-state index is 13.4. The van der Waals surface area contributed by atoms with E-state index < -0.39 is 92.9 Å². The van der Waals surface area contributed by atoms with Crippen molar-refractivity contribution in [3.63, 3.8) is 0 Å². The molecule has 0 atom stereocenters. The molecule has 0 aromatic heterocycles. The second kappa shape index (κ2) is 29.1. The topological polar surface area (TPSA) is 383 Å². The Kier molecular flexibility index (Phi) is 22.5. The van der Waals surface area contributed by atoms with Crippen molar-refractivity contribution in [3.05, 3.63) is 93.0 Å². The maximum absolute atomic E-state index is 13.4. The number of carbonyl (C=O) groups is 8. The van der Waals surface area contributed by atoms with E-state index in [2.05, 4.69) is 26.6 Å². The van der Waals surface area contributed by atoms with Gasteiger partial charge in [0.05, 0.1) is 57.7 Å². The molecule has 4 bridgehead atoms. The molecule has 0 radical (unpaired) electrons. The number of hydrogen-bond acceptors (Lipinski definition) is 20. The predicted molar refractivity (Wildman–Crippen MR) is 278 cm³/mol. The number of carbonyl (C=O) groups excluding carboxylic acids is 8.